The van der Waals surface area contributed by atoms with Gasteiger partial charge >= 0.3 is 0 Å². The lowest BCUT2D eigenvalue weighted by atomic mass is 10.2. The summed E-state index contributed by atoms with van der Waals surface area (Å²) in [6.45, 7) is 9.43. The van der Waals surface area contributed by atoms with E-state index in [4.69, 9.17) is 4.74 Å². The Hall–Kier alpha value is -0.910. The van der Waals surface area contributed by atoms with E-state index in [1.165, 1.54) is 0 Å². The minimum atomic E-state index is -0.364. The molecule has 2 heterocycles. The van der Waals surface area contributed by atoms with Crippen LogP contribution in [-0.2, 0) is 17.7 Å². The molecular weight excluding hydrogens is 254 g/mol. The van der Waals surface area contributed by atoms with Crippen LogP contribution in [0.5, 0.6) is 0 Å². The summed E-state index contributed by atoms with van der Waals surface area (Å²) < 4.78 is 7.79. The first-order valence-corrected chi connectivity index (χ1v) is 7.64. The molecule has 1 aliphatic heterocycles. The summed E-state index contributed by atoms with van der Waals surface area (Å²) in [7, 11) is 0. The number of nitrogens with zero attached hydrogens (tertiary/aromatic N) is 3. The molecule has 5 nitrogen and oxygen atoms in total. The summed E-state index contributed by atoms with van der Waals surface area (Å²) in [6, 6.07) is 0. The van der Waals surface area contributed by atoms with Gasteiger partial charge in [0.1, 0.15) is 5.82 Å². The number of aryl methyl sites for hydroxylation is 1. The van der Waals surface area contributed by atoms with Crippen molar-refractivity contribution in [2.24, 2.45) is 0 Å². The number of aliphatic hydroxyl groups excluding tert-OH is 1. The predicted octanol–water partition coefficient (Wildman–Crippen LogP) is 1.31. The number of hydrogen-bond donors (Lipinski definition) is 1. The van der Waals surface area contributed by atoms with Gasteiger partial charge in [-0.1, -0.05) is 6.92 Å². The molecule has 5 heteroatoms. The highest BCUT2D eigenvalue weighted by Crippen LogP contribution is 2.12. The zero-order valence-electron chi connectivity index (χ0n) is 12.8. The summed E-state index contributed by atoms with van der Waals surface area (Å²) >= 11 is 0. The molecule has 1 aliphatic rings. The lowest BCUT2D eigenvalue weighted by molar-refractivity contribution is -0.0773. The van der Waals surface area contributed by atoms with Gasteiger partial charge in [0, 0.05) is 38.4 Å². The van der Waals surface area contributed by atoms with Crippen molar-refractivity contribution in [3.63, 3.8) is 0 Å². The molecule has 0 amide bonds. The van der Waals surface area contributed by atoms with E-state index >= 15 is 0 Å². The first-order chi connectivity index (χ1) is 9.58. The second-order valence-corrected chi connectivity index (χ2v) is 5.88. The topological polar surface area (TPSA) is 50.5 Å². The average Bonchev–Trinajstić information content (AvgIpc) is 2.75. The summed E-state index contributed by atoms with van der Waals surface area (Å²) in [5.74, 6) is 1.07. The molecule has 0 saturated carbocycles. The zero-order valence-corrected chi connectivity index (χ0v) is 12.8. The summed E-state index contributed by atoms with van der Waals surface area (Å²) in [4.78, 5) is 6.64. The van der Waals surface area contributed by atoms with Crippen molar-refractivity contribution in [2.75, 3.05) is 19.6 Å². The van der Waals surface area contributed by atoms with Crippen LogP contribution in [0.15, 0.2) is 12.4 Å². The number of aromatic nitrogens is 2. The quantitative estimate of drug-likeness (QED) is 0.854. The van der Waals surface area contributed by atoms with Gasteiger partial charge in [0.05, 0.1) is 24.9 Å². The van der Waals surface area contributed by atoms with Gasteiger partial charge in [-0.25, -0.2) is 4.98 Å². The minimum Gasteiger partial charge on any atom is -0.390 e. The molecule has 0 aromatic carbocycles. The van der Waals surface area contributed by atoms with Crippen LogP contribution in [-0.4, -0.2) is 57.5 Å². The van der Waals surface area contributed by atoms with E-state index in [2.05, 4.69) is 35.2 Å². The Kier molecular flexibility index (Phi) is 5.57. The highest BCUT2D eigenvalue weighted by molar-refractivity contribution is 4.93. The van der Waals surface area contributed by atoms with E-state index in [-0.39, 0.29) is 18.3 Å². The molecule has 20 heavy (non-hydrogen) atoms. The molecule has 1 aromatic heterocycles. The highest BCUT2D eigenvalue weighted by atomic mass is 16.5. The van der Waals surface area contributed by atoms with Crippen LogP contribution in [0.4, 0.5) is 0 Å². The third-order valence-corrected chi connectivity index (χ3v) is 3.65. The van der Waals surface area contributed by atoms with E-state index in [0.717, 1.165) is 31.8 Å². The van der Waals surface area contributed by atoms with E-state index in [1.807, 2.05) is 12.4 Å². The fraction of sp³-hybridized carbons (Fsp3) is 0.800. The Labute approximate surface area is 121 Å². The van der Waals surface area contributed by atoms with Gasteiger partial charge < -0.3 is 14.4 Å². The van der Waals surface area contributed by atoms with E-state index in [0.29, 0.717) is 13.1 Å². The minimum absolute atomic E-state index is 0.245. The molecule has 1 saturated heterocycles. The number of morpholine rings is 1. The van der Waals surface area contributed by atoms with Crippen molar-refractivity contribution in [1.82, 2.24) is 14.5 Å². The van der Waals surface area contributed by atoms with E-state index in [1.54, 1.807) is 0 Å². The van der Waals surface area contributed by atoms with Crippen LogP contribution < -0.4 is 0 Å². The summed E-state index contributed by atoms with van der Waals surface area (Å²) in [5.41, 5.74) is 0. The smallest absolute Gasteiger partial charge is 0.108 e. The Bertz CT molecular complexity index is 398. The molecule has 1 N–H and O–H groups in total. The first kappa shape index (κ1) is 15.5. The summed E-state index contributed by atoms with van der Waals surface area (Å²) in [5, 5.41) is 10.3. The molecule has 0 aliphatic carbocycles. The number of imidazole rings is 1. The standard InChI is InChI=1S/C15H27N3O2/c1-4-5-15-16-6-7-18(15)11-14(19)10-17-8-12(2)20-13(3)9-17/h6-7,12-14,19H,4-5,8-11H2,1-3H3/t12-,13-,14+/m0/s1. The maximum Gasteiger partial charge on any atom is 0.108 e. The Morgan fingerprint density at radius 2 is 2.05 bits per heavy atom. The van der Waals surface area contributed by atoms with Gasteiger partial charge in [0.15, 0.2) is 0 Å². The van der Waals surface area contributed by atoms with Crippen molar-refractivity contribution in [3.05, 3.63) is 18.2 Å². The molecule has 2 rings (SSSR count). The van der Waals surface area contributed by atoms with Crippen LogP contribution in [0.1, 0.15) is 33.0 Å². The molecule has 1 fully saturated rings. The normalized spacial score (nSPS) is 25.8. The van der Waals surface area contributed by atoms with Gasteiger partial charge in [-0.05, 0) is 20.3 Å². The van der Waals surface area contributed by atoms with Gasteiger partial charge in [-0.15, -0.1) is 0 Å². The highest BCUT2D eigenvalue weighted by Gasteiger charge is 2.24. The van der Waals surface area contributed by atoms with Gasteiger partial charge in [-0.3, -0.25) is 4.90 Å². The predicted molar refractivity (Wildman–Crippen MR) is 78.7 cm³/mol. The van der Waals surface area contributed by atoms with Crippen LogP contribution >= 0.6 is 0 Å². The molecule has 1 aromatic rings. The lowest BCUT2D eigenvalue weighted by Crippen LogP contribution is -2.48. The van der Waals surface area contributed by atoms with Crippen LogP contribution in [0.3, 0.4) is 0 Å². The van der Waals surface area contributed by atoms with Gasteiger partial charge in [0.25, 0.3) is 0 Å². The SMILES string of the molecule is CCCc1nccn1C[C@H](O)CN1C[C@H](C)O[C@@H](C)C1. The Morgan fingerprint density at radius 3 is 2.70 bits per heavy atom. The summed E-state index contributed by atoms with van der Waals surface area (Å²) in [6.07, 6.45) is 5.94. The number of aliphatic hydroxyl groups is 1. The monoisotopic (exact) mass is 281 g/mol. The lowest BCUT2D eigenvalue weighted by Gasteiger charge is -2.36. The van der Waals surface area contributed by atoms with Crippen molar-refractivity contribution in [2.45, 2.75) is 58.5 Å². The number of ether oxygens (including phenoxy) is 1. The Balaban J connectivity index is 1.85. The number of rotatable bonds is 6. The first-order valence-electron chi connectivity index (χ1n) is 7.64. The molecule has 0 unspecified atom stereocenters. The molecular formula is C15H27N3O2. The number of β-amino-alcohol motifs (C(OH)–C–C–N with tert-alkyl or cyclic N) is 1. The van der Waals surface area contributed by atoms with Crippen molar-refractivity contribution in [3.8, 4) is 0 Å². The fourth-order valence-electron chi connectivity index (χ4n) is 2.97. The largest absolute Gasteiger partial charge is 0.390 e. The van der Waals surface area contributed by atoms with Crippen LogP contribution in [0.2, 0.25) is 0 Å². The zero-order chi connectivity index (χ0) is 14.5. The Morgan fingerprint density at radius 1 is 1.35 bits per heavy atom. The molecule has 114 valence electrons. The van der Waals surface area contributed by atoms with Crippen molar-refractivity contribution < 1.29 is 9.84 Å². The maximum atomic E-state index is 10.3. The molecule has 0 radical (unpaired) electrons. The third-order valence-electron chi connectivity index (χ3n) is 3.65. The number of hydrogen-bond acceptors (Lipinski definition) is 4. The molecule has 0 spiro atoms. The van der Waals surface area contributed by atoms with E-state index in [9.17, 15) is 5.11 Å². The van der Waals surface area contributed by atoms with Gasteiger partial charge in [-0.2, -0.15) is 0 Å². The molecule has 3 atom stereocenters. The van der Waals surface area contributed by atoms with Crippen molar-refractivity contribution in [1.29, 1.82) is 0 Å². The third kappa shape index (κ3) is 4.30. The molecule has 0 bridgehead atoms. The second kappa shape index (κ2) is 7.20. The van der Waals surface area contributed by atoms with Crippen LogP contribution in [0, 0.1) is 0 Å². The maximum absolute atomic E-state index is 10.3. The second-order valence-electron chi connectivity index (χ2n) is 5.88. The van der Waals surface area contributed by atoms with Crippen molar-refractivity contribution >= 4 is 0 Å². The average molecular weight is 281 g/mol. The van der Waals surface area contributed by atoms with Gasteiger partial charge in [0.2, 0.25) is 0 Å². The van der Waals surface area contributed by atoms with E-state index < -0.39 is 0 Å². The fourth-order valence-corrected chi connectivity index (χ4v) is 2.97. The van der Waals surface area contributed by atoms with Crippen LogP contribution in [0.25, 0.3) is 0 Å².